The van der Waals surface area contributed by atoms with Gasteiger partial charge in [0.25, 0.3) is 5.91 Å². The van der Waals surface area contributed by atoms with Gasteiger partial charge in [-0.2, -0.15) is 0 Å². The highest BCUT2D eigenvalue weighted by Crippen LogP contribution is 2.20. The van der Waals surface area contributed by atoms with E-state index in [1.807, 2.05) is 6.92 Å². The van der Waals surface area contributed by atoms with Crippen molar-refractivity contribution in [1.82, 2.24) is 4.90 Å². The number of nitrogens with zero attached hydrogens (tertiary/aromatic N) is 1. The summed E-state index contributed by atoms with van der Waals surface area (Å²) in [6.45, 7) is 2.92. The lowest BCUT2D eigenvalue weighted by atomic mass is 10.1. The van der Waals surface area contributed by atoms with Crippen LogP contribution in [0.2, 0.25) is 5.02 Å². The fourth-order valence-electron chi connectivity index (χ4n) is 1.48. The van der Waals surface area contributed by atoms with Crippen molar-refractivity contribution in [1.29, 1.82) is 0 Å². The minimum atomic E-state index is -0.119. The second-order valence-corrected chi connectivity index (χ2v) is 4.07. The predicted octanol–water partition coefficient (Wildman–Crippen LogP) is 2.41. The Morgan fingerprint density at radius 2 is 2.29 bits per heavy atom. The normalized spacial score (nSPS) is 9.71. The molecule has 0 aliphatic heterocycles. The van der Waals surface area contributed by atoms with Crippen molar-refractivity contribution in [3.63, 3.8) is 0 Å². The molecular weight excluding hydrogens is 236 g/mol. The molecule has 0 fully saturated rings. The minimum Gasteiger partial charge on any atom is -0.398 e. The summed E-state index contributed by atoms with van der Waals surface area (Å²) in [7, 11) is 0. The molecule has 1 rings (SSSR count). The number of amides is 1. The lowest BCUT2D eigenvalue weighted by Crippen LogP contribution is -2.32. The number of anilines is 1. The van der Waals surface area contributed by atoms with Crippen LogP contribution in [-0.4, -0.2) is 23.9 Å². The highest BCUT2D eigenvalue weighted by atomic mass is 35.5. The van der Waals surface area contributed by atoms with E-state index >= 15 is 0 Å². The number of rotatable bonds is 4. The third kappa shape index (κ3) is 3.40. The summed E-state index contributed by atoms with van der Waals surface area (Å²) in [6, 6.07) is 4.84. The summed E-state index contributed by atoms with van der Waals surface area (Å²) in [5.41, 5.74) is 6.56. The molecule has 90 valence electrons. The average Bonchev–Trinajstić information content (AvgIpc) is 2.31. The molecule has 0 saturated carbocycles. The number of hydrogen-bond donors (Lipinski definition) is 1. The molecule has 0 unspecified atom stereocenters. The number of terminal acetylenes is 1. The van der Waals surface area contributed by atoms with E-state index in [0.717, 1.165) is 6.42 Å². The zero-order valence-corrected chi connectivity index (χ0v) is 10.5. The van der Waals surface area contributed by atoms with Gasteiger partial charge in [0.2, 0.25) is 0 Å². The van der Waals surface area contributed by atoms with Crippen LogP contribution in [0.25, 0.3) is 0 Å². The molecular formula is C13H15ClN2O. The summed E-state index contributed by atoms with van der Waals surface area (Å²) in [4.78, 5) is 13.7. The molecule has 1 amide bonds. The summed E-state index contributed by atoms with van der Waals surface area (Å²) >= 11 is 5.88. The molecule has 0 aliphatic rings. The summed E-state index contributed by atoms with van der Waals surface area (Å²) < 4.78 is 0. The van der Waals surface area contributed by atoms with E-state index in [9.17, 15) is 4.79 Å². The molecule has 0 radical (unpaired) electrons. The second-order valence-electron chi connectivity index (χ2n) is 3.67. The average molecular weight is 251 g/mol. The maximum atomic E-state index is 12.1. The van der Waals surface area contributed by atoms with Gasteiger partial charge in [-0.1, -0.05) is 24.4 Å². The molecule has 0 bridgehead atoms. The maximum Gasteiger partial charge on any atom is 0.254 e. The van der Waals surface area contributed by atoms with Gasteiger partial charge in [0.05, 0.1) is 17.3 Å². The minimum absolute atomic E-state index is 0.119. The van der Waals surface area contributed by atoms with Gasteiger partial charge < -0.3 is 10.6 Å². The van der Waals surface area contributed by atoms with E-state index in [2.05, 4.69) is 5.92 Å². The molecule has 3 nitrogen and oxygen atoms in total. The van der Waals surface area contributed by atoms with Crippen LogP contribution >= 0.6 is 11.6 Å². The Labute approximate surface area is 107 Å². The number of nitrogens with two attached hydrogens (primary N) is 1. The van der Waals surface area contributed by atoms with Gasteiger partial charge in [0.1, 0.15) is 0 Å². The molecule has 1 aromatic rings. The van der Waals surface area contributed by atoms with E-state index in [0.29, 0.717) is 29.4 Å². The quantitative estimate of drug-likeness (QED) is 0.659. The Kier molecular flexibility index (Phi) is 4.86. The third-order valence-corrected chi connectivity index (χ3v) is 2.64. The third-order valence-electron chi connectivity index (χ3n) is 2.31. The van der Waals surface area contributed by atoms with Crippen molar-refractivity contribution in [2.24, 2.45) is 0 Å². The number of carbonyl (C=O) groups is 1. The molecule has 0 atom stereocenters. The van der Waals surface area contributed by atoms with Crippen molar-refractivity contribution in [2.75, 3.05) is 18.8 Å². The molecule has 0 spiro atoms. The standard InChI is InChI=1S/C13H15ClN2O/c1-3-7-16(8-4-2)13(17)10-5-6-12(15)11(14)9-10/h1,5-6,9H,4,7-8,15H2,2H3. The van der Waals surface area contributed by atoms with Gasteiger partial charge >= 0.3 is 0 Å². The number of nitrogen functional groups attached to an aromatic ring is 1. The Morgan fingerprint density at radius 3 is 2.82 bits per heavy atom. The zero-order chi connectivity index (χ0) is 12.8. The van der Waals surface area contributed by atoms with Crippen molar-refractivity contribution in [2.45, 2.75) is 13.3 Å². The highest BCUT2D eigenvalue weighted by Gasteiger charge is 2.14. The van der Waals surface area contributed by atoms with Crippen LogP contribution in [0.3, 0.4) is 0 Å². The monoisotopic (exact) mass is 250 g/mol. The topological polar surface area (TPSA) is 46.3 Å². The van der Waals surface area contributed by atoms with Crippen molar-refractivity contribution < 1.29 is 4.79 Å². The predicted molar refractivity (Wildman–Crippen MR) is 70.9 cm³/mol. The van der Waals surface area contributed by atoms with Gasteiger partial charge in [-0.05, 0) is 24.6 Å². The Bertz CT molecular complexity index is 451. The fourth-order valence-corrected chi connectivity index (χ4v) is 1.66. The van der Waals surface area contributed by atoms with Gasteiger partial charge in [0.15, 0.2) is 0 Å². The number of halogens is 1. The fraction of sp³-hybridized carbons (Fsp3) is 0.308. The SMILES string of the molecule is C#CCN(CCC)C(=O)c1ccc(N)c(Cl)c1. The first-order valence-electron chi connectivity index (χ1n) is 5.38. The molecule has 0 heterocycles. The first-order valence-corrected chi connectivity index (χ1v) is 5.75. The molecule has 0 aromatic heterocycles. The Balaban J connectivity index is 2.93. The molecule has 0 saturated heterocycles. The van der Waals surface area contributed by atoms with Gasteiger partial charge in [-0.15, -0.1) is 6.42 Å². The Hall–Kier alpha value is -1.66. The van der Waals surface area contributed by atoms with Crippen LogP contribution in [0.1, 0.15) is 23.7 Å². The highest BCUT2D eigenvalue weighted by molar-refractivity contribution is 6.33. The number of hydrogen-bond acceptors (Lipinski definition) is 2. The van der Waals surface area contributed by atoms with Crippen LogP contribution in [-0.2, 0) is 0 Å². The van der Waals surface area contributed by atoms with E-state index in [1.165, 1.54) is 0 Å². The van der Waals surface area contributed by atoms with Crippen LogP contribution in [0.5, 0.6) is 0 Å². The molecule has 1 aromatic carbocycles. The molecule has 4 heteroatoms. The van der Waals surface area contributed by atoms with Crippen LogP contribution in [0.15, 0.2) is 18.2 Å². The summed E-state index contributed by atoms with van der Waals surface area (Å²) in [5, 5.41) is 0.382. The van der Waals surface area contributed by atoms with Crippen LogP contribution < -0.4 is 5.73 Å². The van der Waals surface area contributed by atoms with Gasteiger partial charge in [-0.25, -0.2) is 0 Å². The molecule has 2 N–H and O–H groups in total. The van der Waals surface area contributed by atoms with Crippen LogP contribution in [0, 0.1) is 12.3 Å². The Morgan fingerprint density at radius 1 is 1.59 bits per heavy atom. The van der Waals surface area contributed by atoms with E-state index in [-0.39, 0.29) is 5.91 Å². The lowest BCUT2D eigenvalue weighted by Gasteiger charge is -2.19. The number of carbonyl (C=O) groups excluding carboxylic acids is 1. The first-order chi connectivity index (χ1) is 8.10. The van der Waals surface area contributed by atoms with E-state index in [1.54, 1.807) is 23.1 Å². The zero-order valence-electron chi connectivity index (χ0n) is 9.74. The number of benzene rings is 1. The van der Waals surface area contributed by atoms with Crippen molar-refractivity contribution in [3.8, 4) is 12.3 Å². The van der Waals surface area contributed by atoms with Gasteiger partial charge in [0, 0.05) is 12.1 Å². The van der Waals surface area contributed by atoms with Crippen molar-refractivity contribution in [3.05, 3.63) is 28.8 Å². The summed E-state index contributed by atoms with van der Waals surface area (Å²) in [5.74, 6) is 2.36. The second kappa shape index (κ2) is 6.17. The first kappa shape index (κ1) is 13.4. The van der Waals surface area contributed by atoms with E-state index in [4.69, 9.17) is 23.8 Å². The summed E-state index contributed by atoms with van der Waals surface area (Å²) in [6.07, 6.45) is 6.10. The van der Waals surface area contributed by atoms with Crippen molar-refractivity contribution >= 4 is 23.2 Å². The molecule has 0 aliphatic carbocycles. The smallest absolute Gasteiger partial charge is 0.254 e. The van der Waals surface area contributed by atoms with E-state index < -0.39 is 0 Å². The van der Waals surface area contributed by atoms with Gasteiger partial charge in [-0.3, -0.25) is 4.79 Å². The largest absolute Gasteiger partial charge is 0.398 e. The molecule has 17 heavy (non-hydrogen) atoms. The maximum absolute atomic E-state index is 12.1. The van der Waals surface area contributed by atoms with Crippen LogP contribution in [0.4, 0.5) is 5.69 Å². The lowest BCUT2D eigenvalue weighted by molar-refractivity contribution is 0.0777.